The fourth-order valence-electron chi connectivity index (χ4n) is 7.71. The van der Waals surface area contributed by atoms with Crippen LogP contribution in [-0.4, -0.2) is 57.0 Å². The Labute approximate surface area is 217 Å². The van der Waals surface area contributed by atoms with Gasteiger partial charge in [0.05, 0.1) is 6.10 Å². The molecule has 2 amide bonds. The summed E-state index contributed by atoms with van der Waals surface area (Å²) >= 11 is 0. The summed E-state index contributed by atoms with van der Waals surface area (Å²) in [4.78, 5) is 37.2. The second-order valence-corrected chi connectivity index (χ2v) is 11.7. The summed E-state index contributed by atoms with van der Waals surface area (Å²) in [5.41, 5.74) is 0.493. The molecular weight excluding hydrogens is 470 g/mol. The number of hydrogen-bond acceptors (Lipinski definition) is 7. The van der Waals surface area contributed by atoms with Gasteiger partial charge in [-0.25, -0.2) is 14.8 Å². The Balaban J connectivity index is 1.17. The number of ether oxygens (including phenoxy) is 1. The van der Waals surface area contributed by atoms with Gasteiger partial charge in [0.25, 0.3) is 5.91 Å². The summed E-state index contributed by atoms with van der Waals surface area (Å²) in [6.07, 6.45) is 6.57. The zero-order valence-corrected chi connectivity index (χ0v) is 21.2. The van der Waals surface area contributed by atoms with Crippen molar-refractivity contribution >= 4 is 17.8 Å². The second-order valence-electron chi connectivity index (χ2n) is 11.7. The number of aryl methyl sites for hydroxylation is 1. The van der Waals surface area contributed by atoms with Crippen LogP contribution >= 0.6 is 0 Å². The average molecular weight is 506 g/mol. The predicted octanol–water partition coefficient (Wildman–Crippen LogP) is 3.32. The fourth-order valence-corrected chi connectivity index (χ4v) is 7.71. The molecule has 2 aromatic rings. The number of hydrogen-bond donors (Lipinski definition) is 3. The highest BCUT2D eigenvalue weighted by Crippen LogP contribution is 2.57. The number of pyridine rings is 2. The molecule has 4 unspecified atom stereocenters. The first-order valence-electron chi connectivity index (χ1n) is 13.4. The van der Waals surface area contributed by atoms with E-state index in [2.05, 4.69) is 20.6 Å². The fraction of sp³-hybridized carbons (Fsp3) is 0.571. The van der Waals surface area contributed by atoms with E-state index in [1.165, 1.54) is 0 Å². The van der Waals surface area contributed by atoms with E-state index in [9.17, 15) is 14.7 Å². The van der Waals surface area contributed by atoms with Crippen molar-refractivity contribution in [1.29, 1.82) is 0 Å². The maximum absolute atomic E-state index is 13.3. The van der Waals surface area contributed by atoms with Gasteiger partial charge >= 0.3 is 6.09 Å². The lowest BCUT2D eigenvalue weighted by atomic mass is 9.50. The van der Waals surface area contributed by atoms with Crippen molar-refractivity contribution in [2.24, 2.45) is 11.8 Å². The van der Waals surface area contributed by atoms with E-state index in [0.717, 1.165) is 43.6 Å². The Bertz CT molecular complexity index is 1160. The third-order valence-corrected chi connectivity index (χ3v) is 8.64. The van der Waals surface area contributed by atoms with Gasteiger partial charge < -0.3 is 25.4 Å². The summed E-state index contributed by atoms with van der Waals surface area (Å²) in [6.45, 7) is 2.44. The standard InChI is InChI=1S/C28H35N5O4/c1-18-5-4-6-22(30-18)25(35)31-27-13-19-11-20(14-27)16-28(15-19,17-27)32-26(36)37-24-12-21(34)8-10-33(24)23-7-2-3-9-29-23/h2-7,9,19-21,24,34H,8,10-17H2,1H3,(H,31,35)(H,32,36). The molecule has 9 heteroatoms. The molecule has 5 aliphatic rings. The van der Waals surface area contributed by atoms with E-state index in [1.807, 2.05) is 42.2 Å². The number of carbonyl (C=O) groups excluding carboxylic acids is 2. The normalized spacial score (nSPS) is 34.2. The molecule has 3 N–H and O–H groups in total. The summed E-state index contributed by atoms with van der Waals surface area (Å²) in [5.74, 6) is 1.49. The highest BCUT2D eigenvalue weighted by atomic mass is 16.6. The minimum absolute atomic E-state index is 0.148. The minimum Gasteiger partial charge on any atom is -0.425 e. The molecule has 196 valence electrons. The van der Waals surface area contributed by atoms with Crippen LogP contribution in [0.2, 0.25) is 0 Å². The van der Waals surface area contributed by atoms with Gasteiger partial charge in [-0.1, -0.05) is 12.1 Å². The van der Waals surface area contributed by atoms with E-state index in [1.54, 1.807) is 12.3 Å². The van der Waals surface area contributed by atoms with Gasteiger partial charge in [-0.15, -0.1) is 0 Å². The summed E-state index contributed by atoms with van der Waals surface area (Å²) < 4.78 is 5.94. The highest BCUT2D eigenvalue weighted by Gasteiger charge is 2.59. The summed E-state index contributed by atoms with van der Waals surface area (Å²) in [6, 6.07) is 11.1. The number of nitrogens with one attached hydrogen (secondary N) is 2. The maximum atomic E-state index is 13.3. The number of piperidine rings is 1. The average Bonchev–Trinajstić information content (AvgIpc) is 2.83. The first kappa shape index (κ1) is 24.2. The number of amides is 2. The number of aliphatic hydroxyl groups is 1. The molecular formula is C28H35N5O4. The Kier molecular flexibility index (Phi) is 6.06. The number of anilines is 1. The monoisotopic (exact) mass is 505 g/mol. The van der Waals surface area contributed by atoms with Crippen LogP contribution in [0.3, 0.4) is 0 Å². The Hall–Kier alpha value is -3.20. The highest BCUT2D eigenvalue weighted by molar-refractivity contribution is 5.92. The van der Waals surface area contributed by atoms with Gasteiger partial charge in [0.15, 0.2) is 6.23 Å². The van der Waals surface area contributed by atoms with Crippen molar-refractivity contribution in [3.05, 3.63) is 54.0 Å². The molecule has 0 aromatic carbocycles. The number of aromatic nitrogens is 2. The van der Waals surface area contributed by atoms with Crippen molar-refractivity contribution in [2.75, 3.05) is 11.4 Å². The van der Waals surface area contributed by atoms with E-state index in [0.29, 0.717) is 43.3 Å². The van der Waals surface area contributed by atoms with Crippen LogP contribution in [0.25, 0.3) is 0 Å². The minimum atomic E-state index is -0.589. The van der Waals surface area contributed by atoms with Crippen LogP contribution in [-0.2, 0) is 4.74 Å². The van der Waals surface area contributed by atoms with Gasteiger partial charge in [0, 0.05) is 35.9 Å². The largest absolute Gasteiger partial charge is 0.425 e. The Morgan fingerprint density at radius 1 is 1.03 bits per heavy atom. The van der Waals surface area contributed by atoms with Crippen LogP contribution < -0.4 is 15.5 Å². The molecule has 1 aliphatic heterocycles. The Morgan fingerprint density at radius 2 is 1.78 bits per heavy atom. The van der Waals surface area contributed by atoms with Crippen LogP contribution in [0.1, 0.15) is 67.5 Å². The van der Waals surface area contributed by atoms with Crippen LogP contribution in [0.4, 0.5) is 10.6 Å². The van der Waals surface area contributed by atoms with E-state index in [4.69, 9.17) is 4.74 Å². The summed E-state index contributed by atoms with van der Waals surface area (Å²) in [7, 11) is 0. The predicted molar refractivity (Wildman–Crippen MR) is 137 cm³/mol. The number of nitrogens with zero attached hydrogens (tertiary/aromatic N) is 3. The first-order chi connectivity index (χ1) is 17.8. The molecule has 4 saturated carbocycles. The second kappa shape index (κ2) is 9.28. The third kappa shape index (κ3) is 4.89. The summed E-state index contributed by atoms with van der Waals surface area (Å²) in [5, 5.41) is 16.9. The quantitative estimate of drug-likeness (QED) is 0.571. The molecule has 1 saturated heterocycles. The molecule has 3 heterocycles. The smallest absolute Gasteiger partial charge is 0.409 e. The van der Waals surface area contributed by atoms with E-state index < -0.39 is 24.0 Å². The van der Waals surface area contributed by atoms with E-state index >= 15 is 0 Å². The van der Waals surface area contributed by atoms with E-state index in [-0.39, 0.29) is 11.4 Å². The number of aliphatic hydroxyl groups excluding tert-OH is 1. The SMILES string of the molecule is Cc1cccc(C(=O)NC23CC4CC(CC(NC(=O)OC5CC(O)CCN5c5ccccn5)(C4)C2)C3)n1. The van der Waals surface area contributed by atoms with Gasteiger partial charge in [-0.3, -0.25) is 4.79 Å². The maximum Gasteiger partial charge on any atom is 0.409 e. The molecule has 0 spiro atoms. The topological polar surface area (TPSA) is 117 Å². The third-order valence-electron chi connectivity index (χ3n) is 8.64. The van der Waals surface area contributed by atoms with Gasteiger partial charge in [-0.05, 0) is 88.0 Å². The van der Waals surface area contributed by atoms with Gasteiger partial charge in [0.2, 0.25) is 0 Å². The molecule has 0 radical (unpaired) electrons. The lowest BCUT2D eigenvalue weighted by Crippen LogP contribution is -2.70. The lowest BCUT2D eigenvalue weighted by Gasteiger charge is -2.62. The number of carbonyl (C=O) groups is 2. The van der Waals surface area contributed by atoms with Crippen molar-refractivity contribution in [3.63, 3.8) is 0 Å². The first-order valence-corrected chi connectivity index (χ1v) is 13.4. The van der Waals surface area contributed by atoms with Crippen LogP contribution in [0.15, 0.2) is 42.6 Å². The van der Waals surface area contributed by atoms with Gasteiger partial charge in [-0.2, -0.15) is 0 Å². The molecule has 5 fully saturated rings. The van der Waals surface area contributed by atoms with Crippen molar-refractivity contribution in [1.82, 2.24) is 20.6 Å². The Morgan fingerprint density at radius 3 is 2.49 bits per heavy atom. The van der Waals surface area contributed by atoms with Crippen molar-refractivity contribution in [3.8, 4) is 0 Å². The molecule has 4 aliphatic carbocycles. The molecule has 7 rings (SSSR count). The molecule has 4 bridgehead atoms. The van der Waals surface area contributed by atoms with Crippen LogP contribution in [0, 0.1) is 18.8 Å². The van der Waals surface area contributed by atoms with Gasteiger partial charge in [0.1, 0.15) is 11.5 Å². The number of rotatable bonds is 5. The zero-order chi connectivity index (χ0) is 25.6. The number of alkyl carbamates (subject to hydrolysis) is 1. The molecule has 2 aromatic heterocycles. The molecule has 9 nitrogen and oxygen atoms in total. The van der Waals surface area contributed by atoms with Crippen molar-refractivity contribution < 1.29 is 19.4 Å². The van der Waals surface area contributed by atoms with Crippen molar-refractivity contribution in [2.45, 2.75) is 81.7 Å². The zero-order valence-electron chi connectivity index (χ0n) is 21.2. The van der Waals surface area contributed by atoms with Crippen LogP contribution in [0.5, 0.6) is 0 Å². The lowest BCUT2D eigenvalue weighted by molar-refractivity contribution is -0.0503. The molecule has 37 heavy (non-hydrogen) atoms. The molecule has 4 atom stereocenters.